The number of hydrogen-bond acceptors (Lipinski definition) is 11. The molecule has 0 aliphatic carbocycles. The number of rotatable bonds is 13. The molecule has 13 nitrogen and oxygen atoms in total. The molecule has 1 aliphatic heterocycles. The fourth-order valence-electron chi connectivity index (χ4n) is 7.90. The molecular formula is C50H44F2N8O5S. The second-order valence-corrected chi connectivity index (χ2v) is 17.8. The number of aromatic nitrogens is 4. The highest BCUT2D eigenvalue weighted by Crippen LogP contribution is 2.38. The van der Waals surface area contributed by atoms with E-state index in [2.05, 4.69) is 9.62 Å². The van der Waals surface area contributed by atoms with Gasteiger partial charge in [0.1, 0.15) is 11.6 Å². The van der Waals surface area contributed by atoms with Gasteiger partial charge in [0.05, 0.1) is 74.2 Å². The van der Waals surface area contributed by atoms with Gasteiger partial charge in [0, 0.05) is 81.0 Å². The second-order valence-electron chi connectivity index (χ2n) is 16.1. The summed E-state index contributed by atoms with van der Waals surface area (Å²) < 4.78 is 65.3. The number of carboxylic acids is 1. The van der Waals surface area contributed by atoms with Crippen molar-refractivity contribution in [3.05, 3.63) is 145 Å². The Balaban J connectivity index is 1.09. The maximum atomic E-state index is 16.1. The van der Waals surface area contributed by atoms with Crippen LogP contribution in [0.4, 0.5) is 25.8 Å². The van der Waals surface area contributed by atoms with Gasteiger partial charge in [-0.15, -0.1) is 0 Å². The van der Waals surface area contributed by atoms with Crippen molar-refractivity contribution in [2.45, 2.75) is 4.90 Å². The zero-order valence-corrected chi connectivity index (χ0v) is 37.1. The minimum Gasteiger partial charge on any atom is -0.478 e. The molecule has 0 unspecified atom stereocenters. The highest BCUT2D eigenvalue weighted by molar-refractivity contribution is 7.89. The number of nitrogens with zero attached hydrogens (tertiary/aromatic N) is 7. The van der Waals surface area contributed by atoms with E-state index in [0.717, 1.165) is 24.3 Å². The summed E-state index contributed by atoms with van der Waals surface area (Å²) in [6, 6.07) is 34.7. The molecule has 0 amide bonds. The number of aromatic carboxylic acids is 1. The van der Waals surface area contributed by atoms with Crippen LogP contribution in [0, 0.1) is 11.6 Å². The van der Waals surface area contributed by atoms with Crippen molar-refractivity contribution in [1.29, 1.82) is 0 Å². The van der Waals surface area contributed by atoms with E-state index < -0.39 is 27.6 Å². The van der Waals surface area contributed by atoms with Crippen LogP contribution in [-0.4, -0.2) is 105 Å². The summed E-state index contributed by atoms with van der Waals surface area (Å²) in [7, 11) is 1.72. The van der Waals surface area contributed by atoms with E-state index >= 15 is 4.39 Å². The fraction of sp³-hybridized carbons (Fsp3) is 0.180. The van der Waals surface area contributed by atoms with Gasteiger partial charge in [0.15, 0.2) is 0 Å². The number of anilines is 3. The molecule has 9 rings (SSSR count). The summed E-state index contributed by atoms with van der Waals surface area (Å²) >= 11 is 0. The highest BCUT2D eigenvalue weighted by atomic mass is 32.2. The van der Waals surface area contributed by atoms with Crippen molar-refractivity contribution in [3.8, 4) is 45.0 Å². The minimum atomic E-state index is -3.90. The van der Waals surface area contributed by atoms with Gasteiger partial charge in [-0.1, -0.05) is 24.3 Å². The lowest BCUT2D eigenvalue weighted by atomic mass is 10.0. The first-order valence-electron chi connectivity index (χ1n) is 21.2. The zero-order valence-electron chi connectivity index (χ0n) is 36.2. The van der Waals surface area contributed by atoms with Gasteiger partial charge in [-0.2, -0.15) is 0 Å². The molecule has 16 heteroatoms. The summed E-state index contributed by atoms with van der Waals surface area (Å²) in [4.78, 5) is 37.6. The third-order valence-electron chi connectivity index (χ3n) is 11.5. The lowest BCUT2D eigenvalue weighted by Gasteiger charge is -2.26. The van der Waals surface area contributed by atoms with E-state index in [-0.39, 0.29) is 22.7 Å². The Morgan fingerprint density at radius 2 is 1.23 bits per heavy atom. The largest absolute Gasteiger partial charge is 0.478 e. The number of nitrogens with one attached hydrogen (secondary N) is 1. The smallest absolute Gasteiger partial charge is 0.335 e. The van der Waals surface area contributed by atoms with E-state index in [0.29, 0.717) is 87.0 Å². The Hall–Kier alpha value is -7.24. The molecule has 1 fully saturated rings. The van der Waals surface area contributed by atoms with Crippen LogP contribution in [0.25, 0.3) is 67.1 Å². The standard InChI is InChI=1S/C50H44F2N8O5S/c1-58(2)37-8-4-6-32(26-37)47-48(56-43-28-35(50(61)62)13-18-41(43)54-47)33-7-5-9-38(27-33)59(3)45-29-34(12-17-40(45)52)49-46(31-10-14-36(51)15-11-31)57-44-30-39(16-19-42(44)55-49)66(63,64)53-20-21-60-22-24-65-25-23-60/h4-19,26-30,53H,20-25H2,1-3H3,(H,61,62). The van der Waals surface area contributed by atoms with E-state index in [1.165, 1.54) is 42.5 Å². The van der Waals surface area contributed by atoms with Gasteiger partial charge in [0.25, 0.3) is 0 Å². The molecule has 66 heavy (non-hydrogen) atoms. The summed E-state index contributed by atoms with van der Waals surface area (Å²) in [5, 5.41) is 9.75. The average molecular weight is 907 g/mol. The number of carboxylic acid groups (broad SMARTS) is 1. The van der Waals surface area contributed by atoms with E-state index in [9.17, 15) is 22.7 Å². The molecule has 0 bridgehead atoms. The maximum Gasteiger partial charge on any atom is 0.335 e. The molecule has 0 spiro atoms. The number of benzene rings is 6. The molecule has 0 saturated carbocycles. The Labute approximate surface area is 380 Å². The number of halogens is 2. The van der Waals surface area contributed by atoms with Crippen LogP contribution in [0.3, 0.4) is 0 Å². The highest BCUT2D eigenvalue weighted by Gasteiger charge is 2.22. The number of sulfonamides is 1. The predicted molar refractivity (Wildman–Crippen MR) is 253 cm³/mol. The van der Waals surface area contributed by atoms with Crippen LogP contribution < -0.4 is 14.5 Å². The van der Waals surface area contributed by atoms with Gasteiger partial charge in [0.2, 0.25) is 10.0 Å². The minimum absolute atomic E-state index is 0.0193. The first kappa shape index (κ1) is 44.0. The predicted octanol–water partition coefficient (Wildman–Crippen LogP) is 8.66. The summed E-state index contributed by atoms with van der Waals surface area (Å²) in [5.41, 5.74) is 7.72. The second kappa shape index (κ2) is 18.3. The molecular weight excluding hydrogens is 863 g/mol. The van der Waals surface area contributed by atoms with Gasteiger partial charge < -0.3 is 19.6 Å². The summed E-state index contributed by atoms with van der Waals surface area (Å²) in [6.07, 6.45) is 0. The first-order valence-corrected chi connectivity index (χ1v) is 22.6. The topological polar surface area (TPSA) is 154 Å². The normalized spacial score (nSPS) is 13.3. The van der Waals surface area contributed by atoms with Gasteiger partial charge in [-0.05, 0) is 103 Å². The lowest BCUT2D eigenvalue weighted by Crippen LogP contribution is -2.41. The number of hydrogen-bond donors (Lipinski definition) is 2. The van der Waals surface area contributed by atoms with E-state index in [4.69, 9.17) is 24.7 Å². The molecule has 2 aromatic heterocycles. The van der Waals surface area contributed by atoms with Gasteiger partial charge >= 0.3 is 5.97 Å². The van der Waals surface area contributed by atoms with Crippen molar-refractivity contribution in [2.24, 2.45) is 0 Å². The SMILES string of the molecule is CN(C)c1cccc(-c2nc3ccc(C(=O)O)cc3nc2-c2cccc(N(C)c3cc(-c4nc5ccc(S(=O)(=O)NCCN6CCOCC6)cc5nc4-c4ccc(F)cc4)ccc3F)c2)c1. The quantitative estimate of drug-likeness (QED) is 0.114. The van der Waals surface area contributed by atoms with Crippen LogP contribution in [0.1, 0.15) is 10.4 Å². The van der Waals surface area contributed by atoms with Crippen molar-refractivity contribution in [2.75, 3.05) is 70.3 Å². The van der Waals surface area contributed by atoms with Gasteiger partial charge in [-0.3, -0.25) is 4.90 Å². The van der Waals surface area contributed by atoms with E-state index in [1.807, 2.05) is 67.5 Å². The lowest BCUT2D eigenvalue weighted by molar-refractivity contribution is 0.0390. The third kappa shape index (κ3) is 9.17. The van der Waals surface area contributed by atoms with Crippen molar-refractivity contribution in [3.63, 3.8) is 0 Å². The van der Waals surface area contributed by atoms with Crippen LogP contribution in [-0.2, 0) is 14.8 Å². The molecule has 0 radical (unpaired) electrons. The van der Waals surface area contributed by atoms with Crippen LogP contribution >= 0.6 is 0 Å². The zero-order chi connectivity index (χ0) is 46.1. The maximum absolute atomic E-state index is 16.1. The summed E-state index contributed by atoms with van der Waals surface area (Å²) in [6.45, 7) is 3.44. The van der Waals surface area contributed by atoms with Crippen molar-refractivity contribution in [1.82, 2.24) is 29.6 Å². The van der Waals surface area contributed by atoms with E-state index in [1.54, 1.807) is 48.3 Å². The molecule has 334 valence electrons. The average Bonchev–Trinajstić information content (AvgIpc) is 3.33. The molecule has 1 saturated heterocycles. The molecule has 8 aromatic rings. The third-order valence-corrected chi connectivity index (χ3v) is 13.0. The van der Waals surface area contributed by atoms with Crippen LogP contribution in [0.5, 0.6) is 0 Å². The summed E-state index contributed by atoms with van der Waals surface area (Å²) in [5.74, 6) is -2.06. The molecule has 6 aromatic carbocycles. The Morgan fingerprint density at radius 3 is 1.88 bits per heavy atom. The van der Waals surface area contributed by atoms with Gasteiger partial charge in [-0.25, -0.2) is 46.7 Å². The van der Waals surface area contributed by atoms with Crippen molar-refractivity contribution >= 4 is 55.1 Å². The number of ether oxygens (including phenoxy) is 1. The van der Waals surface area contributed by atoms with Crippen molar-refractivity contribution < 1.29 is 31.8 Å². The van der Waals surface area contributed by atoms with Crippen LogP contribution in [0.15, 0.2) is 132 Å². The fourth-order valence-corrected chi connectivity index (χ4v) is 8.94. The molecule has 3 heterocycles. The number of fused-ring (bicyclic) bond motifs is 2. The van der Waals surface area contributed by atoms with Crippen LogP contribution in [0.2, 0.25) is 0 Å². The number of carbonyl (C=O) groups is 1. The monoisotopic (exact) mass is 906 g/mol. The molecule has 0 atom stereocenters. The first-order chi connectivity index (χ1) is 31.8. The molecule has 1 aliphatic rings. The Morgan fingerprint density at radius 1 is 0.667 bits per heavy atom. The Bertz CT molecular complexity index is 3260. The molecule has 2 N–H and O–H groups in total. The number of morpholine rings is 1. The Kier molecular flexibility index (Phi) is 12.2.